The second kappa shape index (κ2) is 7.29. The van der Waals surface area contributed by atoms with Crippen molar-refractivity contribution < 1.29 is 14.3 Å². The molecule has 0 saturated carbocycles. The number of carbonyl (C=O) groups excluding carboxylic acids is 1. The Morgan fingerprint density at radius 2 is 2.14 bits per heavy atom. The van der Waals surface area contributed by atoms with Crippen molar-refractivity contribution in [3.63, 3.8) is 0 Å². The van der Waals surface area contributed by atoms with E-state index in [1.807, 2.05) is 12.1 Å². The van der Waals surface area contributed by atoms with Gasteiger partial charge in [0.15, 0.2) is 0 Å². The van der Waals surface area contributed by atoms with E-state index >= 15 is 0 Å². The molecule has 2 unspecified atom stereocenters. The molecule has 1 amide bonds. The van der Waals surface area contributed by atoms with E-state index in [9.17, 15) is 9.90 Å². The van der Waals surface area contributed by atoms with Crippen LogP contribution in [0.15, 0.2) is 22.8 Å². The highest BCUT2D eigenvalue weighted by atomic mass is 16.3. The van der Waals surface area contributed by atoms with Gasteiger partial charge in [-0.25, -0.2) is 0 Å². The van der Waals surface area contributed by atoms with Gasteiger partial charge < -0.3 is 14.4 Å². The van der Waals surface area contributed by atoms with Crippen LogP contribution in [0.3, 0.4) is 0 Å². The molecular formula is C17H26N2O3. The largest absolute Gasteiger partial charge is 0.468 e. The highest BCUT2D eigenvalue weighted by Gasteiger charge is 2.28. The molecule has 122 valence electrons. The zero-order valence-electron chi connectivity index (χ0n) is 13.1. The van der Waals surface area contributed by atoms with Gasteiger partial charge in [-0.05, 0) is 37.9 Å². The smallest absolute Gasteiger partial charge is 0.222 e. The highest BCUT2D eigenvalue weighted by Crippen LogP contribution is 2.30. The summed E-state index contributed by atoms with van der Waals surface area (Å²) in [6.45, 7) is 2.84. The number of aliphatic hydroxyl groups excluding tert-OH is 1. The molecule has 3 heterocycles. The summed E-state index contributed by atoms with van der Waals surface area (Å²) in [4.78, 5) is 15.8. The Balaban J connectivity index is 1.61. The van der Waals surface area contributed by atoms with Crippen molar-refractivity contribution in [2.24, 2.45) is 0 Å². The zero-order chi connectivity index (χ0) is 15.4. The van der Waals surface area contributed by atoms with Crippen LogP contribution in [0.4, 0.5) is 0 Å². The Morgan fingerprint density at radius 1 is 1.23 bits per heavy atom. The minimum atomic E-state index is -0.488. The lowest BCUT2D eigenvalue weighted by Gasteiger charge is -2.31. The Labute approximate surface area is 131 Å². The van der Waals surface area contributed by atoms with E-state index in [4.69, 9.17) is 4.42 Å². The van der Waals surface area contributed by atoms with E-state index in [1.165, 1.54) is 12.8 Å². The molecule has 0 aliphatic carbocycles. The van der Waals surface area contributed by atoms with Crippen LogP contribution < -0.4 is 0 Å². The minimum Gasteiger partial charge on any atom is -0.468 e. The number of likely N-dealkylation sites (tertiary alicyclic amines) is 2. The number of rotatable bonds is 5. The van der Waals surface area contributed by atoms with Gasteiger partial charge in [0.25, 0.3) is 0 Å². The molecule has 5 heteroatoms. The monoisotopic (exact) mass is 306 g/mol. The molecule has 0 aromatic carbocycles. The third-order valence-electron chi connectivity index (χ3n) is 4.78. The van der Waals surface area contributed by atoms with Crippen LogP contribution in [0.25, 0.3) is 0 Å². The highest BCUT2D eigenvalue weighted by molar-refractivity contribution is 5.78. The average molecular weight is 306 g/mol. The Kier molecular flexibility index (Phi) is 5.16. The van der Waals surface area contributed by atoms with Crippen molar-refractivity contribution in [2.45, 2.75) is 50.7 Å². The first-order valence-corrected chi connectivity index (χ1v) is 8.47. The van der Waals surface area contributed by atoms with Crippen LogP contribution in [0.1, 0.15) is 50.3 Å². The molecule has 22 heavy (non-hydrogen) atoms. The fourth-order valence-corrected chi connectivity index (χ4v) is 3.67. The SMILES string of the molecule is O=C1CCCN1CC(O)CN1CCCCCC1c1ccco1. The first kappa shape index (κ1) is 15.6. The second-order valence-electron chi connectivity index (χ2n) is 6.47. The van der Waals surface area contributed by atoms with Crippen molar-refractivity contribution >= 4 is 5.91 Å². The van der Waals surface area contributed by atoms with Gasteiger partial charge in [-0.15, -0.1) is 0 Å². The third kappa shape index (κ3) is 3.70. The number of carbonyl (C=O) groups is 1. The molecule has 2 atom stereocenters. The molecule has 5 nitrogen and oxygen atoms in total. The lowest BCUT2D eigenvalue weighted by atomic mass is 10.1. The topological polar surface area (TPSA) is 56.9 Å². The molecule has 2 aliphatic rings. The zero-order valence-corrected chi connectivity index (χ0v) is 13.1. The van der Waals surface area contributed by atoms with Crippen molar-refractivity contribution in [1.82, 2.24) is 9.80 Å². The number of nitrogens with zero attached hydrogens (tertiary/aromatic N) is 2. The molecular weight excluding hydrogens is 280 g/mol. The number of furan rings is 1. The average Bonchev–Trinajstić information content (AvgIpc) is 3.10. The van der Waals surface area contributed by atoms with Crippen LogP contribution in [-0.2, 0) is 4.79 Å². The fourth-order valence-electron chi connectivity index (χ4n) is 3.67. The van der Waals surface area contributed by atoms with E-state index in [0.717, 1.165) is 38.1 Å². The predicted octanol–water partition coefficient (Wildman–Crippen LogP) is 2.18. The van der Waals surface area contributed by atoms with E-state index in [2.05, 4.69) is 4.90 Å². The van der Waals surface area contributed by atoms with Crippen LogP contribution >= 0.6 is 0 Å². The predicted molar refractivity (Wildman–Crippen MR) is 83.3 cm³/mol. The molecule has 0 bridgehead atoms. The number of hydrogen-bond donors (Lipinski definition) is 1. The third-order valence-corrected chi connectivity index (χ3v) is 4.78. The van der Waals surface area contributed by atoms with Crippen LogP contribution in [0, 0.1) is 0 Å². The molecule has 0 radical (unpaired) electrons. The lowest BCUT2D eigenvalue weighted by Crippen LogP contribution is -2.42. The first-order valence-electron chi connectivity index (χ1n) is 8.47. The maximum atomic E-state index is 11.7. The van der Waals surface area contributed by atoms with E-state index < -0.39 is 6.10 Å². The van der Waals surface area contributed by atoms with E-state index in [1.54, 1.807) is 11.2 Å². The molecule has 1 aromatic rings. The van der Waals surface area contributed by atoms with Crippen molar-refractivity contribution in [1.29, 1.82) is 0 Å². The molecule has 3 rings (SSSR count). The van der Waals surface area contributed by atoms with Gasteiger partial charge in [0.05, 0.1) is 18.4 Å². The summed E-state index contributed by atoms with van der Waals surface area (Å²) in [5.74, 6) is 1.17. The summed E-state index contributed by atoms with van der Waals surface area (Å²) in [6.07, 6.45) is 7.44. The number of hydrogen-bond acceptors (Lipinski definition) is 4. The number of β-amino-alcohol motifs (C(OH)–C–C–N with tert-alkyl or cyclic N) is 1. The normalized spacial score (nSPS) is 25.4. The summed E-state index contributed by atoms with van der Waals surface area (Å²) >= 11 is 0. The van der Waals surface area contributed by atoms with Gasteiger partial charge in [-0.3, -0.25) is 9.69 Å². The van der Waals surface area contributed by atoms with E-state index in [0.29, 0.717) is 19.5 Å². The van der Waals surface area contributed by atoms with Crippen LogP contribution in [-0.4, -0.2) is 53.1 Å². The van der Waals surface area contributed by atoms with Gasteiger partial charge in [-0.2, -0.15) is 0 Å². The first-order chi connectivity index (χ1) is 10.7. The van der Waals surface area contributed by atoms with Gasteiger partial charge in [0.1, 0.15) is 5.76 Å². The molecule has 1 aromatic heterocycles. The summed E-state index contributed by atoms with van der Waals surface area (Å²) < 4.78 is 5.60. The van der Waals surface area contributed by atoms with Crippen molar-refractivity contribution in [3.05, 3.63) is 24.2 Å². The van der Waals surface area contributed by atoms with Gasteiger partial charge in [-0.1, -0.05) is 12.8 Å². The number of aliphatic hydroxyl groups is 1. The van der Waals surface area contributed by atoms with Gasteiger partial charge in [0, 0.05) is 26.1 Å². The van der Waals surface area contributed by atoms with Crippen LogP contribution in [0.2, 0.25) is 0 Å². The second-order valence-corrected chi connectivity index (χ2v) is 6.47. The summed E-state index contributed by atoms with van der Waals surface area (Å²) in [5.41, 5.74) is 0. The van der Waals surface area contributed by atoms with Crippen molar-refractivity contribution in [3.8, 4) is 0 Å². The Morgan fingerprint density at radius 3 is 2.86 bits per heavy atom. The summed E-state index contributed by atoms with van der Waals surface area (Å²) in [5, 5.41) is 10.4. The summed E-state index contributed by atoms with van der Waals surface area (Å²) in [6, 6.07) is 4.21. The van der Waals surface area contributed by atoms with Crippen molar-refractivity contribution in [2.75, 3.05) is 26.2 Å². The van der Waals surface area contributed by atoms with Gasteiger partial charge in [0.2, 0.25) is 5.91 Å². The quantitative estimate of drug-likeness (QED) is 0.906. The summed E-state index contributed by atoms with van der Waals surface area (Å²) in [7, 11) is 0. The molecule has 2 aliphatic heterocycles. The standard InChI is InChI=1S/C17H26N2O3/c20-14(13-19-10-4-8-17(19)21)12-18-9-3-1-2-6-15(18)16-7-5-11-22-16/h5,7,11,14-15,20H,1-4,6,8-10,12-13H2. The maximum Gasteiger partial charge on any atom is 0.222 e. The minimum absolute atomic E-state index is 0.178. The maximum absolute atomic E-state index is 11.7. The Hall–Kier alpha value is -1.33. The van der Waals surface area contributed by atoms with E-state index in [-0.39, 0.29) is 11.9 Å². The fraction of sp³-hybridized carbons (Fsp3) is 0.706. The molecule has 2 fully saturated rings. The molecule has 0 spiro atoms. The van der Waals surface area contributed by atoms with Gasteiger partial charge >= 0.3 is 0 Å². The molecule has 1 N–H and O–H groups in total. The Bertz CT molecular complexity index is 474. The number of amides is 1. The molecule has 2 saturated heterocycles. The van der Waals surface area contributed by atoms with Crippen LogP contribution in [0.5, 0.6) is 0 Å². The lowest BCUT2D eigenvalue weighted by molar-refractivity contribution is -0.129.